The molecule has 0 aliphatic rings. The number of halogens is 1. The Bertz CT molecular complexity index is 439. The second-order valence-corrected chi connectivity index (χ2v) is 3.75. The Morgan fingerprint density at radius 2 is 2.14 bits per heavy atom. The third-order valence-corrected chi connectivity index (χ3v) is 2.75. The van der Waals surface area contributed by atoms with Gasteiger partial charge >= 0.3 is 0 Å². The van der Waals surface area contributed by atoms with Crippen LogP contribution in [0.25, 0.3) is 11.3 Å². The molecule has 0 radical (unpaired) electrons. The van der Waals surface area contributed by atoms with E-state index in [1.54, 1.807) is 18.2 Å². The van der Waals surface area contributed by atoms with Crippen LogP contribution >= 0.6 is 11.3 Å². The maximum atomic E-state index is 13.3. The first-order valence-electron chi connectivity index (χ1n) is 4.20. The van der Waals surface area contributed by atoms with Crippen LogP contribution in [-0.2, 0) is 6.54 Å². The van der Waals surface area contributed by atoms with Crippen molar-refractivity contribution in [2.75, 3.05) is 0 Å². The first-order chi connectivity index (χ1) is 6.81. The van der Waals surface area contributed by atoms with E-state index >= 15 is 0 Å². The first-order valence-corrected chi connectivity index (χ1v) is 5.08. The van der Waals surface area contributed by atoms with Crippen molar-refractivity contribution in [2.24, 2.45) is 5.73 Å². The molecule has 2 aromatic rings. The van der Waals surface area contributed by atoms with Crippen LogP contribution in [0.3, 0.4) is 0 Å². The van der Waals surface area contributed by atoms with E-state index in [1.165, 1.54) is 17.4 Å². The van der Waals surface area contributed by atoms with E-state index in [1.807, 2.05) is 5.38 Å². The highest BCUT2D eigenvalue weighted by atomic mass is 32.1. The molecule has 1 aromatic carbocycles. The van der Waals surface area contributed by atoms with E-state index in [9.17, 15) is 4.39 Å². The standard InChI is InChI=1S/C10H9FN2S/c11-8-4-2-1-3-7(8)9-6-14-10(5-12)13-9/h1-4,6H,5,12H2. The van der Waals surface area contributed by atoms with Gasteiger partial charge in [0, 0.05) is 17.5 Å². The lowest BCUT2D eigenvalue weighted by Crippen LogP contribution is -1.94. The van der Waals surface area contributed by atoms with Gasteiger partial charge in [-0.3, -0.25) is 0 Å². The lowest BCUT2D eigenvalue weighted by atomic mass is 10.2. The maximum Gasteiger partial charge on any atom is 0.132 e. The highest BCUT2D eigenvalue weighted by molar-refractivity contribution is 7.09. The van der Waals surface area contributed by atoms with Gasteiger partial charge in [0.15, 0.2) is 0 Å². The summed E-state index contributed by atoms with van der Waals surface area (Å²) in [5.41, 5.74) is 6.63. The van der Waals surface area contributed by atoms with Gasteiger partial charge in [-0.15, -0.1) is 11.3 Å². The molecular weight excluding hydrogens is 199 g/mol. The summed E-state index contributed by atoms with van der Waals surface area (Å²) < 4.78 is 13.3. The molecule has 4 heteroatoms. The number of nitrogens with zero attached hydrogens (tertiary/aromatic N) is 1. The number of benzene rings is 1. The van der Waals surface area contributed by atoms with Crippen molar-refractivity contribution in [1.82, 2.24) is 4.98 Å². The Morgan fingerprint density at radius 3 is 2.79 bits per heavy atom. The molecule has 2 rings (SSSR count). The zero-order valence-corrected chi connectivity index (χ0v) is 8.22. The van der Waals surface area contributed by atoms with Crippen LogP contribution in [0.2, 0.25) is 0 Å². The third-order valence-electron chi connectivity index (χ3n) is 1.88. The molecule has 1 heterocycles. The van der Waals surface area contributed by atoms with Crippen molar-refractivity contribution in [1.29, 1.82) is 0 Å². The Hall–Kier alpha value is -1.26. The number of thiazole rings is 1. The predicted octanol–water partition coefficient (Wildman–Crippen LogP) is 2.41. The Balaban J connectivity index is 2.44. The van der Waals surface area contributed by atoms with E-state index < -0.39 is 0 Å². The fourth-order valence-corrected chi connectivity index (χ4v) is 1.87. The summed E-state index contributed by atoms with van der Waals surface area (Å²) in [6.45, 7) is 0.402. The zero-order chi connectivity index (χ0) is 9.97. The summed E-state index contributed by atoms with van der Waals surface area (Å²) in [6.07, 6.45) is 0. The van der Waals surface area contributed by atoms with Gasteiger partial charge in [-0.1, -0.05) is 12.1 Å². The fourth-order valence-electron chi connectivity index (χ4n) is 1.20. The largest absolute Gasteiger partial charge is 0.325 e. The van der Waals surface area contributed by atoms with Crippen LogP contribution in [0.5, 0.6) is 0 Å². The van der Waals surface area contributed by atoms with Crippen LogP contribution < -0.4 is 5.73 Å². The third kappa shape index (κ3) is 1.66. The van der Waals surface area contributed by atoms with Gasteiger partial charge in [0.05, 0.1) is 5.69 Å². The molecule has 2 N–H and O–H groups in total. The molecular formula is C10H9FN2S. The normalized spacial score (nSPS) is 10.4. The fraction of sp³-hybridized carbons (Fsp3) is 0.100. The monoisotopic (exact) mass is 208 g/mol. The smallest absolute Gasteiger partial charge is 0.132 e. The molecule has 0 aliphatic heterocycles. The number of rotatable bonds is 2. The van der Waals surface area contributed by atoms with Crippen LogP contribution in [0.4, 0.5) is 4.39 Å². The summed E-state index contributed by atoms with van der Waals surface area (Å²) >= 11 is 1.45. The van der Waals surface area contributed by atoms with Crippen molar-refractivity contribution in [3.05, 3.63) is 40.5 Å². The molecule has 72 valence electrons. The second-order valence-electron chi connectivity index (χ2n) is 2.81. The molecule has 0 saturated heterocycles. The summed E-state index contributed by atoms with van der Waals surface area (Å²) in [5, 5.41) is 2.64. The van der Waals surface area contributed by atoms with Gasteiger partial charge in [0.2, 0.25) is 0 Å². The van der Waals surface area contributed by atoms with E-state index in [-0.39, 0.29) is 5.82 Å². The Labute approximate surface area is 85.2 Å². The van der Waals surface area contributed by atoms with Crippen molar-refractivity contribution in [2.45, 2.75) is 6.54 Å². The van der Waals surface area contributed by atoms with Crippen LogP contribution in [-0.4, -0.2) is 4.98 Å². The van der Waals surface area contributed by atoms with E-state index in [4.69, 9.17) is 5.73 Å². The number of hydrogen-bond donors (Lipinski definition) is 1. The lowest BCUT2D eigenvalue weighted by molar-refractivity contribution is 0.631. The molecule has 2 nitrogen and oxygen atoms in total. The molecule has 14 heavy (non-hydrogen) atoms. The van der Waals surface area contributed by atoms with Gasteiger partial charge in [-0.2, -0.15) is 0 Å². The molecule has 1 aromatic heterocycles. The highest BCUT2D eigenvalue weighted by Gasteiger charge is 2.07. The number of hydrogen-bond acceptors (Lipinski definition) is 3. The molecule has 0 atom stereocenters. The molecule has 0 saturated carbocycles. The molecule has 0 fully saturated rings. The zero-order valence-electron chi connectivity index (χ0n) is 7.40. The van der Waals surface area contributed by atoms with Crippen molar-refractivity contribution in [3.8, 4) is 11.3 Å². The molecule has 0 unspecified atom stereocenters. The summed E-state index contributed by atoms with van der Waals surface area (Å²) in [6, 6.07) is 6.59. The highest BCUT2D eigenvalue weighted by Crippen LogP contribution is 2.23. The number of nitrogens with two attached hydrogens (primary N) is 1. The molecule has 0 bridgehead atoms. The van der Waals surface area contributed by atoms with Gasteiger partial charge in [0.1, 0.15) is 10.8 Å². The average molecular weight is 208 g/mol. The number of aromatic nitrogens is 1. The van der Waals surface area contributed by atoms with Gasteiger partial charge in [-0.25, -0.2) is 9.37 Å². The van der Waals surface area contributed by atoms with Crippen LogP contribution in [0.15, 0.2) is 29.6 Å². The quantitative estimate of drug-likeness (QED) is 0.823. The van der Waals surface area contributed by atoms with Crippen LogP contribution in [0, 0.1) is 5.82 Å². The topological polar surface area (TPSA) is 38.9 Å². The summed E-state index contributed by atoms with van der Waals surface area (Å²) in [7, 11) is 0. The first kappa shape index (κ1) is 9.30. The Kier molecular flexibility index (Phi) is 2.56. The molecule has 0 aliphatic carbocycles. The van der Waals surface area contributed by atoms with Gasteiger partial charge < -0.3 is 5.73 Å². The van der Waals surface area contributed by atoms with Crippen molar-refractivity contribution in [3.63, 3.8) is 0 Å². The van der Waals surface area contributed by atoms with Gasteiger partial charge in [-0.05, 0) is 12.1 Å². The lowest BCUT2D eigenvalue weighted by Gasteiger charge is -1.97. The van der Waals surface area contributed by atoms with Crippen molar-refractivity contribution >= 4 is 11.3 Å². The average Bonchev–Trinajstić information content (AvgIpc) is 2.67. The Morgan fingerprint density at radius 1 is 1.36 bits per heavy atom. The van der Waals surface area contributed by atoms with Gasteiger partial charge in [0.25, 0.3) is 0 Å². The molecule has 0 amide bonds. The minimum absolute atomic E-state index is 0.249. The van der Waals surface area contributed by atoms with E-state index in [0.717, 1.165) is 5.01 Å². The molecule has 0 spiro atoms. The van der Waals surface area contributed by atoms with E-state index in [2.05, 4.69) is 4.98 Å². The van der Waals surface area contributed by atoms with Crippen molar-refractivity contribution < 1.29 is 4.39 Å². The summed E-state index contributed by atoms with van der Waals surface area (Å²) in [4.78, 5) is 4.21. The minimum Gasteiger partial charge on any atom is -0.325 e. The predicted molar refractivity (Wildman–Crippen MR) is 55.4 cm³/mol. The van der Waals surface area contributed by atoms with E-state index in [0.29, 0.717) is 17.8 Å². The van der Waals surface area contributed by atoms with Crippen LogP contribution in [0.1, 0.15) is 5.01 Å². The minimum atomic E-state index is -0.249. The SMILES string of the molecule is NCc1nc(-c2ccccc2F)cs1. The summed E-state index contributed by atoms with van der Waals surface area (Å²) in [5.74, 6) is -0.249. The maximum absolute atomic E-state index is 13.3. The second kappa shape index (κ2) is 3.86.